The van der Waals surface area contributed by atoms with Crippen molar-refractivity contribution in [2.45, 2.75) is 25.4 Å². The highest BCUT2D eigenvalue weighted by atomic mass is 35.5. The number of anilines is 1. The molecule has 2 aromatic carbocycles. The number of phenols is 1. The van der Waals surface area contributed by atoms with Gasteiger partial charge in [0.25, 0.3) is 5.91 Å². The minimum atomic E-state index is -4.66. The first-order valence-corrected chi connectivity index (χ1v) is 9.99. The molecule has 1 aliphatic rings. The van der Waals surface area contributed by atoms with Gasteiger partial charge in [-0.1, -0.05) is 24.1 Å². The fourth-order valence-corrected chi connectivity index (χ4v) is 3.57. The molecule has 0 atom stereocenters. The highest BCUT2D eigenvalue weighted by molar-refractivity contribution is 6.31. The number of hydrogen-bond donors (Lipinski definition) is 2. The summed E-state index contributed by atoms with van der Waals surface area (Å²) >= 11 is 5.61. The van der Waals surface area contributed by atoms with Crippen molar-refractivity contribution >= 4 is 23.2 Å². The second-order valence-corrected chi connectivity index (χ2v) is 7.45. The maximum absolute atomic E-state index is 13.0. The zero-order valence-corrected chi connectivity index (χ0v) is 16.9. The van der Waals surface area contributed by atoms with Gasteiger partial charge in [0.1, 0.15) is 23.7 Å². The summed E-state index contributed by atoms with van der Waals surface area (Å²) in [7, 11) is 0. The molecule has 5 nitrogen and oxygen atoms in total. The van der Waals surface area contributed by atoms with Gasteiger partial charge < -0.3 is 15.2 Å². The minimum absolute atomic E-state index is 0.0979. The Morgan fingerprint density at radius 1 is 1.17 bits per heavy atom. The van der Waals surface area contributed by atoms with Crippen LogP contribution >= 0.6 is 11.6 Å². The Labute approximate surface area is 177 Å². The molecule has 1 aliphatic heterocycles. The number of benzene rings is 2. The average Bonchev–Trinajstić information content (AvgIpc) is 2.69. The van der Waals surface area contributed by atoms with Crippen LogP contribution in [-0.2, 0) is 6.18 Å². The Bertz CT molecular complexity index is 900. The first-order valence-electron chi connectivity index (χ1n) is 9.61. The van der Waals surface area contributed by atoms with Crippen LogP contribution in [0, 0.1) is 0 Å². The predicted octanol–water partition coefficient (Wildman–Crippen LogP) is 5.18. The van der Waals surface area contributed by atoms with E-state index >= 15 is 0 Å². The predicted molar refractivity (Wildman–Crippen MR) is 108 cm³/mol. The van der Waals surface area contributed by atoms with Crippen LogP contribution in [0.5, 0.6) is 11.5 Å². The van der Waals surface area contributed by atoms with Crippen molar-refractivity contribution in [2.24, 2.45) is 0 Å². The average molecular weight is 443 g/mol. The second-order valence-electron chi connectivity index (χ2n) is 7.05. The quantitative estimate of drug-likeness (QED) is 0.647. The van der Waals surface area contributed by atoms with E-state index in [2.05, 4.69) is 10.2 Å². The van der Waals surface area contributed by atoms with Gasteiger partial charge >= 0.3 is 6.18 Å². The minimum Gasteiger partial charge on any atom is -0.507 e. The van der Waals surface area contributed by atoms with Crippen molar-refractivity contribution in [1.82, 2.24) is 4.90 Å². The van der Waals surface area contributed by atoms with Gasteiger partial charge in [0.2, 0.25) is 0 Å². The maximum Gasteiger partial charge on any atom is 0.417 e. The van der Waals surface area contributed by atoms with E-state index < -0.39 is 22.7 Å². The Morgan fingerprint density at radius 2 is 1.90 bits per heavy atom. The lowest BCUT2D eigenvalue weighted by Gasteiger charge is -2.26. The molecule has 3 rings (SSSR count). The van der Waals surface area contributed by atoms with Crippen LogP contribution in [0.4, 0.5) is 18.9 Å². The number of alkyl halides is 3. The van der Waals surface area contributed by atoms with Crippen molar-refractivity contribution in [3.63, 3.8) is 0 Å². The van der Waals surface area contributed by atoms with Crippen molar-refractivity contribution in [1.29, 1.82) is 0 Å². The van der Waals surface area contributed by atoms with E-state index in [4.69, 9.17) is 16.3 Å². The molecule has 0 aliphatic carbocycles. The van der Waals surface area contributed by atoms with Gasteiger partial charge in [-0.2, -0.15) is 13.2 Å². The Hall–Kier alpha value is -2.45. The van der Waals surface area contributed by atoms with Gasteiger partial charge in [-0.3, -0.25) is 9.69 Å². The smallest absolute Gasteiger partial charge is 0.417 e. The summed E-state index contributed by atoms with van der Waals surface area (Å²) in [4.78, 5) is 15.0. The molecule has 0 radical (unpaired) electrons. The van der Waals surface area contributed by atoms with E-state index in [1.165, 1.54) is 30.7 Å². The fourth-order valence-electron chi connectivity index (χ4n) is 3.35. The number of amides is 1. The van der Waals surface area contributed by atoms with Crippen molar-refractivity contribution in [3.8, 4) is 11.5 Å². The third-order valence-corrected chi connectivity index (χ3v) is 5.20. The number of likely N-dealkylation sites (tertiary alicyclic amines) is 1. The van der Waals surface area contributed by atoms with Gasteiger partial charge in [-0.15, -0.1) is 0 Å². The van der Waals surface area contributed by atoms with Crippen LogP contribution in [0.1, 0.15) is 35.2 Å². The molecule has 1 fully saturated rings. The summed E-state index contributed by atoms with van der Waals surface area (Å²) in [5, 5.41) is 12.1. The molecule has 0 aromatic heterocycles. The van der Waals surface area contributed by atoms with E-state index in [1.807, 2.05) is 0 Å². The molecule has 1 saturated heterocycles. The van der Waals surface area contributed by atoms with Crippen LogP contribution in [0.15, 0.2) is 36.4 Å². The molecule has 2 N–H and O–H groups in total. The number of nitrogens with zero attached hydrogens (tertiary/aromatic N) is 1. The van der Waals surface area contributed by atoms with Gasteiger partial charge in [-0.05, 0) is 56.3 Å². The molecule has 9 heteroatoms. The largest absolute Gasteiger partial charge is 0.507 e. The van der Waals surface area contributed by atoms with Gasteiger partial charge in [0.15, 0.2) is 0 Å². The van der Waals surface area contributed by atoms with Crippen molar-refractivity contribution in [3.05, 3.63) is 52.5 Å². The first kappa shape index (κ1) is 22.2. The number of nitrogens with one attached hydrogen (secondary N) is 1. The summed E-state index contributed by atoms with van der Waals surface area (Å²) in [6.07, 6.45) is -1.16. The Morgan fingerprint density at radius 3 is 2.60 bits per heavy atom. The number of ether oxygens (including phenoxy) is 1. The number of hydrogen-bond acceptors (Lipinski definition) is 4. The lowest BCUT2D eigenvalue weighted by molar-refractivity contribution is -0.137. The molecule has 0 spiro atoms. The topological polar surface area (TPSA) is 61.8 Å². The fraction of sp³-hybridized carbons (Fsp3) is 0.381. The zero-order chi connectivity index (χ0) is 21.7. The molecule has 2 aromatic rings. The van der Waals surface area contributed by atoms with Gasteiger partial charge in [0.05, 0.1) is 10.6 Å². The van der Waals surface area contributed by atoms with E-state index in [-0.39, 0.29) is 22.7 Å². The molecule has 0 unspecified atom stereocenters. The highest BCUT2D eigenvalue weighted by Crippen LogP contribution is 2.36. The Kier molecular flexibility index (Phi) is 7.10. The monoisotopic (exact) mass is 442 g/mol. The number of carbonyl (C=O) groups excluding carboxylic acids is 1. The lowest BCUT2D eigenvalue weighted by atomic mass is 10.1. The molecule has 162 valence electrons. The number of piperidine rings is 1. The van der Waals surface area contributed by atoms with Crippen LogP contribution in [-0.4, -0.2) is 42.2 Å². The first-order chi connectivity index (χ1) is 14.3. The highest BCUT2D eigenvalue weighted by Gasteiger charge is 2.33. The standard InChI is InChI=1S/C21H22ClF3N2O3/c22-16-8-7-14(13-15(16)21(23,24)25)26-20(29)19-17(28)5-4-6-18(19)30-12-11-27-9-2-1-3-10-27/h4-8,13,28H,1-3,9-12H2,(H,26,29). The molecule has 30 heavy (non-hydrogen) atoms. The third kappa shape index (κ3) is 5.58. The summed E-state index contributed by atoms with van der Waals surface area (Å²) in [6.45, 7) is 3.00. The maximum atomic E-state index is 13.0. The van der Waals surface area contributed by atoms with Crippen molar-refractivity contribution in [2.75, 3.05) is 31.6 Å². The van der Waals surface area contributed by atoms with Gasteiger partial charge in [0, 0.05) is 12.2 Å². The van der Waals surface area contributed by atoms with E-state index in [1.54, 1.807) is 0 Å². The summed E-state index contributed by atoms with van der Waals surface area (Å²) in [5.74, 6) is -0.945. The molecule has 1 amide bonds. The zero-order valence-electron chi connectivity index (χ0n) is 16.1. The van der Waals surface area contributed by atoms with Crippen LogP contribution < -0.4 is 10.1 Å². The van der Waals surface area contributed by atoms with E-state index in [0.717, 1.165) is 38.1 Å². The number of phenolic OH excluding ortho intramolecular Hbond substituents is 1. The van der Waals surface area contributed by atoms with E-state index in [9.17, 15) is 23.1 Å². The Balaban J connectivity index is 1.72. The van der Waals surface area contributed by atoms with Gasteiger partial charge in [-0.25, -0.2) is 0 Å². The number of carbonyl (C=O) groups is 1. The lowest BCUT2D eigenvalue weighted by Crippen LogP contribution is -2.33. The summed E-state index contributed by atoms with van der Waals surface area (Å²) in [6, 6.07) is 7.44. The molecule has 0 saturated carbocycles. The number of rotatable bonds is 6. The molecule has 0 bridgehead atoms. The second kappa shape index (κ2) is 9.57. The van der Waals surface area contributed by atoms with Crippen molar-refractivity contribution < 1.29 is 27.8 Å². The number of aromatic hydroxyl groups is 1. The van der Waals surface area contributed by atoms with Crippen LogP contribution in [0.3, 0.4) is 0 Å². The van der Waals surface area contributed by atoms with Crippen LogP contribution in [0.2, 0.25) is 5.02 Å². The summed E-state index contributed by atoms with van der Waals surface area (Å²) in [5.41, 5.74) is -1.30. The summed E-state index contributed by atoms with van der Waals surface area (Å²) < 4.78 is 44.9. The normalized spacial score (nSPS) is 15.1. The molecular weight excluding hydrogens is 421 g/mol. The number of halogens is 4. The molecule has 1 heterocycles. The SMILES string of the molecule is O=C(Nc1ccc(Cl)c(C(F)(F)F)c1)c1c(O)cccc1OCCN1CCCCC1. The van der Waals surface area contributed by atoms with Crippen LogP contribution in [0.25, 0.3) is 0 Å². The third-order valence-electron chi connectivity index (χ3n) is 4.87. The van der Waals surface area contributed by atoms with E-state index in [0.29, 0.717) is 13.2 Å². The molecular formula is C21H22ClF3N2O3.